The van der Waals surface area contributed by atoms with Gasteiger partial charge in [-0.05, 0) is 25.0 Å². The van der Waals surface area contributed by atoms with Crippen molar-refractivity contribution in [1.29, 1.82) is 0 Å². The molecule has 0 aliphatic heterocycles. The number of benzene rings is 1. The van der Waals surface area contributed by atoms with Gasteiger partial charge in [-0.1, -0.05) is 46.9 Å². The number of nitrogens with one attached hydrogen (secondary N) is 4. The minimum absolute atomic E-state index is 0.341. The molecule has 0 saturated carbocycles. The Bertz CT molecular complexity index is 897. The molecule has 146 valence electrons. The van der Waals surface area contributed by atoms with E-state index in [0.29, 0.717) is 23.4 Å². The summed E-state index contributed by atoms with van der Waals surface area (Å²) in [4.78, 5) is 23.8. The smallest absolute Gasteiger partial charge is 0.321 e. The molecule has 12 heteroatoms. The molecular weight excluding hydrogens is 400 g/mol. The van der Waals surface area contributed by atoms with E-state index in [4.69, 9.17) is 0 Å². The van der Waals surface area contributed by atoms with Crippen LogP contribution in [-0.4, -0.2) is 32.5 Å². The topological polar surface area (TPSA) is 134 Å². The Kier molecular flexibility index (Phi) is 6.45. The van der Waals surface area contributed by atoms with Crippen LogP contribution in [0.2, 0.25) is 0 Å². The van der Waals surface area contributed by atoms with E-state index in [9.17, 15) is 9.59 Å². The molecule has 3 rings (SSSR count). The van der Waals surface area contributed by atoms with Crippen molar-refractivity contribution in [1.82, 2.24) is 31.0 Å². The summed E-state index contributed by atoms with van der Waals surface area (Å²) in [6.45, 7) is 4.31. The van der Waals surface area contributed by atoms with Crippen molar-refractivity contribution in [3.63, 3.8) is 0 Å². The molecule has 4 N–H and O–H groups in total. The molecule has 0 radical (unpaired) electrons. The molecule has 10 nitrogen and oxygen atoms in total. The number of carbonyl (C=O) groups excluding carboxylic acids is 2. The van der Waals surface area contributed by atoms with E-state index in [2.05, 4.69) is 41.7 Å². The van der Waals surface area contributed by atoms with E-state index >= 15 is 0 Å². The second kappa shape index (κ2) is 9.19. The summed E-state index contributed by atoms with van der Waals surface area (Å²) in [6.07, 6.45) is 0. The maximum Gasteiger partial charge on any atom is 0.321 e. The predicted molar refractivity (Wildman–Crippen MR) is 107 cm³/mol. The van der Waals surface area contributed by atoms with Crippen LogP contribution >= 0.6 is 22.7 Å². The maximum atomic E-state index is 11.9. The van der Waals surface area contributed by atoms with Crippen LogP contribution < -0.4 is 21.3 Å². The molecule has 28 heavy (non-hydrogen) atoms. The van der Waals surface area contributed by atoms with Crippen LogP contribution in [0, 0.1) is 13.8 Å². The molecule has 0 saturated heterocycles. The van der Waals surface area contributed by atoms with Gasteiger partial charge in [0.05, 0.1) is 0 Å². The minimum atomic E-state index is -0.355. The third-order valence-electron chi connectivity index (χ3n) is 3.39. The van der Waals surface area contributed by atoms with Gasteiger partial charge in [-0.15, -0.1) is 20.4 Å². The molecule has 0 atom stereocenters. The molecule has 0 unspecified atom stereocenters. The van der Waals surface area contributed by atoms with Gasteiger partial charge in [-0.2, -0.15) is 0 Å². The fraction of sp³-hybridized carbons (Fsp3) is 0.250. The summed E-state index contributed by atoms with van der Waals surface area (Å²) >= 11 is 2.61. The van der Waals surface area contributed by atoms with Gasteiger partial charge >= 0.3 is 12.1 Å². The molecule has 0 bridgehead atoms. The molecule has 4 amide bonds. The Morgan fingerprint density at radius 3 is 1.68 bits per heavy atom. The maximum absolute atomic E-state index is 11.9. The fourth-order valence-corrected chi connectivity index (χ4v) is 3.36. The fourth-order valence-electron chi connectivity index (χ4n) is 2.19. The number of aryl methyl sites for hydroxylation is 2. The number of anilines is 2. The zero-order valence-electron chi connectivity index (χ0n) is 15.1. The Morgan fingerprint density at radius 1 is 0.821 bits per heavy atom. The molecule has 0 fully saturated rings. The summed E-state index contributed by atoms with van der Waals surface area (Å²) in [7, 11) is 0. The zero-order valence-corrected chi connectivity index (χ0v) is 16.8. The van der Waals surface area contributed by atoms with E-state index in [0.717, 1.165) is 21.1 Å². The number of aromatic nitrogens is 4. The van der Waals surface area contributed by atoms with Crippen molar-refractivity contribution in [2.24, 2.45) is 0 Å². The Hall–Kier alpha value is -3.12. The van der Waals surface area contributed by atoms with Crippen molar-refractivity contribution < 1.29 is 9.59 Å². The molecule has 0 aliphatic rings. The van der Waals surface area contributed by atoms with E-state index < -0.39 is 0 Å². The van der Waals surface area contributed by atoms with Crippen LogP contribution in [0.1, 0.15) is 21.1 Å². The average molecular weight is 419 g/mol. The molecule has 2 heterocycles. The second-order valence-corrected chi connectivity index (χ2v) is 8.05. The van der Waals surface area contributed by atoms with Crippen molar-refractivity contribution >= 4 is 45.0 Å². The van der Waals surface area contributed by atoms with Crippen LogP contribution in [0.15, 0.2) is 24.3 Å². The summed E-state index contributed by atoms with van der Waals surface area (Å²) in [6, 6.07) is 6.85. The second-order valence-electron chi connectivity index (χ2n) is 5.69. The number of nitrogens with zero attached hydrogens (tertiary/aromatic N) is 4. The third kappa shape index (κ3) is 5.96. The number of hydrogen-bond donors (Lipinski definition) is 4. The lowest BCUT2D eigenvalue weighted by atomic mass is 10.1. The number of amides is 4. The van der Waals surface area contributed by atoms with Crippen LogP contribution in [0.3, 0.4) is 0 Å². The Morgan fingerprint density at radius 2 is 1.29 bits per heavy atom. The SMILES string of the molecule is Cc1nnc(NC(=O)NCc2cccc(CNC(=O)Nc3nnc(C)s3)c2)s1. The van der Waals surface area contributed by atoms with Gasteiger partial charge in [0.25, 0.3) is 0 Å². The highest BCUT2D eigenvalue weighted by atomic mass is 32.1. The third-order valence-corrected chi connectivity index (χ3v) is 4.90. The van der Waals surface area contributed by atoms with Gasteiger partial charge in [-0.3, -0.25) is 10.6 Å². The van der Waals surface area contributed by atoms with Gasteiger partial charge in [0.15, 0.2) is 0 Å². The molecule has 0 aliphatic carbocycles. The normalized spacial score (nSPS) is 10.4. The summed E-state index contributed by atoms with van der Waals surface area (Å²) in [5.41, 5.74) is 1.81. The van der Waals surface area contributed by atoms with Crippen LogP contribution in [0.5, 0.6) is 0 Å². The number of carbonyl (C=O) groups is 2. The molecule has 3 aromatic rings. The zero-order chi connectivity index (χ0) is 19.9. The Balaban J connectivity index is 1.45. The first-order chi connectivity index (χ1) is 13.5. The molecular formula is C16H18N8O2S2. The van der Waals surface area contributed by atoms with Gasteiger partial charge in [0.2, 0.25) is 10.3 Å². The van der Waals surface area contributed by atoms with Crippen LogP contribution in [0.4, 0.5) is 19.9 Å². The average Bonchev–Trinajstić information content (AvgIpc) is 3.26. The summed E-state index contributed by atoms with van der Waals surface area (Å²) < 4.78 is 0. The van der Waals surface area contributed by atoms with Crippen LogP contribution in [0.25, 0.3) is 0 Å². The standard InChI is InChI=1S/C16H18N8O2S2/c1-9-21-23-15(27-9)19-13(25)17-7-11-4-3-5-12(6-11)8-18-14(26)20-16-24-22-10(2)28-16/h3-6H,7-8H2,1-2H3,(H2,17,19,23,25)(H2,18,20,24,26). The van der Waals surface area contributed by atoms with E-state index in [1.165, 1.54) is 22.7 Å². The monoisotopic (exact) mass is 418 g/mol. The van der Waals surface area contributed by atoms with Crippen molar-refractivity contribution in [3.05, 3.63) is 45.4 Å². The number of rotatable bonds is 6. The summed E-state index contributed by atoms with van der Waals surface area (Å²) in [5, 5.41) is 28.6. The van der Waals surface area contributed by atoms with Gasteiger partial charge in [-0.25, -0.2) is 9.59 Å². The lowest BCUT2D eigenvalue weighted by molar-refractivity contribution is 0.251. The highest BCUT2D eigenvalue weighted by molar-refractivity contribution is 7.15. The molecule has 1 aromatic carbocycles. The van der Waals surface area contributed by atoms with E-state index in [1.807, 2.05) is 38.1 Å². The van der Waals surface area contributed by atoms with Crippen LogP contribution in [-0.2, 0) is 13.1 Å². The van der Waals surface area contributed by atoms with E-state index in [1.54, 1.807) is 0 Å². The molecule has 2 aromatic heterocycles. The highest BCUT2D eigenvalue weighted by Gasteiger charge is 2.08. The van der Waals surface area contributed by atoms with Crippen molar-refractivity contribution in [2.75, 3.05) is 10.6 Å². The molecule has 0 spiro atoms. The first kappa shape index (κ1) is 19.6. The predicted octanol–water partition coefficient (Wildman–Crippen LogP) is 2.65. The largest absolute Gasteiger partial charge is 0.334 e. The summed E-state index contributed by atoms with van der Waals surface area (Å²) in [5.74, 6) is 0. The van der Waals surface area contributed by atoms with Crippen molar-refractivity contribution in [2.45, 2.75) is 26.9 Å². The Labute approximate surface area is 168 Å². The van der Waals surface area contributed by atoms with Gasteiger partial charge < -0.3 is 10.6 Å². The first-order valence-corrected chi connectivity index (χ1v) is 9.89. The lowest BCUT2D eigenvalue weighted by Crippen LogP contribution is -2.29. The van der Waals surface area contributed by atoms with Gasteiger partial charge in [0.1, 0.15) is 10.0 Å². The lowest BCUT2D eigenvalue weighted by Gasteiger charge is -2.08. The quantitative estimate of drug-likeness (QED) is 0.486. The number of hydrogen-bond acceptors (Lipinski definition) is 8. The highest BCUT2D eigenvalue weighted by Crippen LogP contribution is 2.14. The van der Waals surface area contributed by atoms with E-state index in [-0.39, 0.29) is 12.1 Å². The van der Waals surface area contributed by atoms with Crippen molar-refractivity contribution in [3.8, 4) is 0 Å². The minimum Gasteiger partial charge on any atom is -0.334 e. The van der Waals surface area contributed by atoms with Gasteiger partial charge in [0, 0.05) is 13.1 Å². The first-order valence-electron chi connectivity index (χ1n) is 8.25. The number of urea groups is 2.